The standard InChI is InChI=1S/C33H54N4O6/c1-7-8-9-10-14-18-33(6,43)19-17-25(37-31(42)32(4,5)22-38)29(40)36-27(21-24-15-12-11-13-16-24)30(41)35-26(28(34)39)20-23(2)3/h11-13,15-17,19,23,25-27,38,43H,7-10,14,18,20-22H2,1-6H3,(H2,34,39)(H,35,41)(H,36,40)(H,37,42)/b19-17+/t25-,26-,27-,33?/m0/s1. The van der Waals surface area contributed by atoms with E-state index in [1.165, 1.54) is 26.0 Å². The Morgan fingerprint density at radius 1 is 0.907 bits per heavy atom. The number of aliphatic hydroxyl groups is 2. The van der Waals surface area contributed by atoms with Crippen LogP contribution in [0.3, 0.4) is 0 Å². The van der Waals surface area contributed by atoms with Crippen molar-refractivity contribution < 1.29 is 29.4 Å². The molecular weight excluding hydrogens is 548 g/mol. The van der Waals surface area contributed by atoms with Gasteiger partial charge in [0.15, 0.2) is 0 Å². The van der Waals surface area contributed by atoms with Crippen molar-refractivity contribution in [3.8, 4) is 0 Å². The van der Waals surface area contributed by atoms with Gasteiger partial charge in [-0.25, -0.2) is 0 Å². The summed E-state index contributed by atoms with van der Waals surface area (Å²) >= 11 is 0. The van der Waals surface area contributed by atoms with Crippen molar-refractivity contribution in [3.63, 3.8) is 0 Å². The lowest BCUT2D eigenvalue weighted by Gasteiger charge is -2.27. The number of rotatable bonds is 20. The van der Waals surface area contributed by atoms with Crippen LogP contribution in [-0.4, -0.2) is 64.2 Å². The van der Waals surface area contributed by atoms with Crippen molar-refractivity contribution in [1.82, 2.24) is 16.0 Å². The summed E-state index contributed by atoms with van der Waals surface area (Å²) in [5.74, 6) is -2.45. The van der Waals surface area contributed by atoms with Crippen molar-refractivity contribution in [3.05, 3.63) is 48.0 Å². The molecule has 10 nitrogen and oxygen atoms in total. The number of unbranched alkanes of at least 4 members (excludes halogenated alkanes) is 4. The van der Waals surface area contributed by atoms with Gasteiger partial charge in [0, 0.05) is 6.42 Å². The highest BCUT2D eigenvalue weighted by Crippen LogP contribution is 2.19. The van der Waals surface area contributed by atoms with Gasteiger partial charge in [0.05, 0.1) is 17.6 Å². The molecule has 0 bridgehead atoms. The van der Waals surface area contributed by atoms with Crippen LogP contribution in [0.25, 0.3) is 0 Å². The van der Waals surface area contributed by atoms with Crippen molar-refractivity contribution >= 4 is 23.6 Å². The normalized spacial score (nSPS) is 15.4. The molecule has 0 saturated heterocycles. The van der Waals surface area contributed by atoms with E-state index in [2.05, 4.69) is 22.9 Å². The molecule has 0 radical (unpaired) electrons. The van der Waals surface area contributed by atoms with E-state index in [4.69, 9.17) is 5.73 Å². The molecule has 4 amide bonds. The number of benzene rings is 1. The summed E-state index contributed by atoms with van der Waals surface area (Å²) in [5.41, 5.74) is 3.90. The zero-order valence-corrected chi connectivity index (χ0v) is 26.8. The average Bonchev–Trinajstić information content (AvgIpc) is 2.94. The maximum atomic E-state index is 13.7. The highest BCUT2D eigenvalue weighted by Gasteiger charge is 2.33. The summed E-state index contributed by atoms with van der Waals surface area (Å²) in [4.78, 5) is 52.1. The quantitative estimate of drug-likeness (QED) is 0.0990. The second-order valence-corrected chi connectivity index (χ2v) is 12.7. The van der Waals surface area contributed by atoms with Gasteiger partial charge in [-0.1, -0.05) is 95.4 Å². The third kappa shape index (κ3) is 14.7. The molecule has 0 fully saturated rings. The molecule has 0 aliphatic carbocycles. The molecule has 1 unspecified atom stereocenters. The van der Waals surface area contributed by atoms with Gasteiger partial charge in [0.25, 0.3) is 0 Å². The third-order valence-electron chi connectivity index (χ3n) is 7.30. The first-order valence-corrected chi connectivity index (χ1v) is 15.4. The molecule has 0 aliphatic heterocycles. The fourth-order valence-electron chi connectivity index (χ4n) is 4.39. The molecular formula is C33H54N4O6. The van der Waals surface area contributed by atoms with E-state index in [9.17, 15) is 29.4 Å². The molecule has 10 heteroatoms. The Balaban J connectivity index is 3.27. The first-order chi connectivity index (χ1) is 20.1. The van der Waals surface area contributed by atoms with E-state index >= 15 is 0 Å². The third-order valence-corrected chi connectivity index (χ3v) is 7.30. The largest absolute Gasteiger partial charge is 0.395 e. The number of nitrogens with two attached hydrogens (primary N) is 1. The summed E-state index contributed by atoms with van der Waals surface area (Å²) in [7, 11) is 0. The van der Waals surface area contributed by atoms with Gasteiger partial charge in [-0.05, 0) is 45.1 Å². The van der Waals surface area contributed by atoms with Crippen LogP contribution in [0.15, 0.2) is 42.5 Å². The fraction of sp³-hybridized carbons (Fsp3) is 0.636. The highest BCUT2D eigenvalue weighted by atomic mass is 16.3. The summed E-state index contributed by atoms with van der Waals surface area (Å²) in [5, 5.41) is 28.7. The molecule has 0 spiro atoms. The summed E-state index contributed by atoms with van der Waals surface area (Å²) in [6, 6.07) is 5.81. The van der Waals surface area contributed by atoms with Crippen molar-refractivity contribution in [2.24, 2.45) is 17.1 Å². The molecule has 1 aromatic rings. The van der Waals surface area contributed by atoms with Gasteiger partial charge >= 0.3 is 0 Å². The highest BCUT2D eigenvalue weighted by molar-refractivity contribution is 5.95. The van der Waals surface area contributed by atoms with Crippen molar-refractivity contribution in [2.75, 3.05) is 6.61 Å². The maximum absolute atomic E-state index is 13.7. The molecule has 242 valence electrons. The topological polar surface area (TPSA) is 171 Å². The minimum Gasteiger partial charge on any atom is -0.395 e. The lowest BCUT2D eigenvalue weighted by molar-refractivity contribution is -0.136. The number of amides is 4. The van der Waals surface area contributed by atoms with Crippen LogP contribution in [-0.2, 0) is 25.6 Å². The number of hydrogen-bond donors (Lipinski definition) is 6. The first kappa shape index (κ1) is 37.8. The number of carbonyl (C=O) groups is 4. The zero-order valence-electron chi connectivity index (χ0n) is 26.8. The van der Waals surface area contributed by atoms with Crippen LogP contribution in [0.4, 0.5) is 0 Å². The minimum atomic E-state index is -1.25. The van der Waals surface area contributed by atoms with E-state index in [1.807, 2.05) is 44.2 Å². The van der Waals surface area contributed by atoms with Gasteiger partial charge in [0.1, 0.15) is 18.1 Å². The Hall–Kier alpha value is -3.24. The smallest absolute Gasteiger partial charge is 0.247 e. The Kier molecular flexibility index (Phi) is 16.2. The van der Waals surface area contributed by atoms with Crippen LogP contribution in [0.1, 0.15) is 92.1 Å². The van der Waals surface area contributed by atoms with Crippen LogP contribution < -0.4 is 21.7 Å². The molecule has 1 aromatic carbocycles. The summed E-state index contributed by atoms with van der Waals surface area (Å²) in [6.45, 7) is 10.2. The van der Waals surface area contributed by atoms with Crippen LogP contribution in [0.5, 0.6) is 0 Å². The molecule has 0 saturated carbocycles. The van der Waals surface area contributed by atoms with E-state index < -0.39 is 59.4 Å². The minimum absolute atomic E-state index is 0.0824. The van der Waals surface area contributed by atoms with Crippen molar-refractivity contribution in [1.29, 1.82) is 0 Å². The predicted octanol–water partition coefficient (Wildman–Crippen LogP) is 2.90. The number of hydrogen-bond acceptors (Lipinski definition) is 6. The molecule has 1 rings (SSSR count). The number of carbonyl (C=O) groups excluding carboxylic acids is 4. The maximum Gasteiger partial charge on any atom is 0.247 e. The second-order valence-electron chi connectivity index (χ2n) is 12.7. The van der Waals surface area contributed by atoms with E-state index in [0.29, 0.717) is 12.8 Å². The Morgan fingerprint density at radius 3 is 2.07 bits per heavy atom. The average molecular weight is 603 g/mol. The number of nitrogens with one attached hydrogen (secondary N) is 3. The first-order valence-electron chi connectivity index (χ1n) is 15.4. The Bertz CT molecular complexity index is 1050. The molecule has 43 heavy (non-hydrogen) atoms. The van der Waals surface area contributed by atoms with Gasteiger partial charge in [-0.15, -0.1) is 0 Å². The predicted molar refractivity (Wildman–Crippen MR) is 169 cm³/mol. The van der Waals surface area contributed by atoms with Gasteiger partial charge in [-0.3, -0.25) is 19.2 Å². The lowest BCUT2D eigenvalue weighted by atomic mass is 9.92. The van der Waals surface area contributed by atoms with Gasteiger partial charge in [0.2, 0.25) is 23.6 Å². The van der Waals surface area contributed by atoms with Gasteiger partial charge in [-0.2, -0.15) is 0 Å². The molecule has 4 atom stereocenters. The molecule has 7 N–H and O–H groups in total. The molecule has 0 aliphatic rings. The van der Waals surface area contributed by atoms with Crippen LogP contribution in [0.2, 0.25) is 0 Å². The summed E-state index contributed by atoms with van der Waals surface area (Å²) in [6.07, 6.45) is 8.91. The monoisotopic (exact) mass is 602 g/mol. The van der Waals surface area contributed by atoms with Crippen LogP contribution in [0, 0.1) is 11.3 Å². The fourth-order valence-corrected chi connectivity index (χ4v) is 4.39. The zero-order chi connectivity index (χ0) is 32.6. The van der Waals surface area contributed by atoms with Gasteiger partial charge < -0.3 is 31.9 Å². The Morgan fingerprint density at radius 2 is 1.51 bits per heavy atom. The summed E-state index contributed by atoms with van der Waals surface area (Å²) < 4.78 is 0. The molecule has 0 aromatic heterocycles. The van der Waals surface area contributed by atoms with Crippen molar-refractivity contribution in [2.45, 2.75) is 117 Å². The molecule has 0 heterocycles. The van der Waals surface area contributed by atoms with E-state index in [1.54, 1.807) is 6.92 Å². The number of aliphatic hydroxyl groups excluding tert-OH is 1. The van der Waals surface area contributed by atoms with E-state index in [0.717, 1.165) is 37.7 Å². The van der Waals surface area contributed by atoms with Crippen LogP contribution >= 0.6 is 0 Å². The SMILES string of the molecule is CCCCCCCC(C)(O)/C=C/[C@H](NC(=O)C(C)(C)CO)C(=O)N[C@@H](Cc1ccccc1)C(=O)N[C@@H](CC(C)C)C(N)=O. The Labute approximate surface area is 257 Å². The second kappa shape index (κ2) is 18.4. The number of primary amides is 1. The van der Waals surface area contributed by atoms with E-state index in [-0.39, 0.29) is 12.3 Å². The lowest BCUT2D eigenvalue weighted by Crippen LogP contribution is -2.57.